The molecular formula is C18H20NO4+. The Morgan fingerprint density at radius 1 is 0.957 bits per heavy atom. The lowest BCUT2D eigenvalue weighted by Gasteiger charge is -2.15. The van der Waals surface area contributed by atoms with Crippen molar-refractivity contribution in [2.75, 3.05) is 20.8 Å². The topological polar surface area (TPSA) is 86.6 Å². The lowest BCUT2D eigenvalue weighted by atomic mass is 9.95. The zero-order chi connectivity index (χ0) is 16.6. The van der Waals surface area contributed by atoms with Gasteiger partial charge in [-0.25, -0.2) is 0 Å². The largest absolute Gasteiger partial charge is 0.504 e. The summed E-state index contributed by atoms with van der Waals surface area (Å²) in [4.78, 5) is 0. The molecule has 0 atom stereocenters. The molecule has 0 heterocycles. The molecule has 0 fully saturated rings. The van der Waals surface area contributed by atoms with Crippen molar-refractivity contribution in [1.29, 1.82) is 0 Å². The third kappa shape index (κ3) is 2.39. The average molecular weight is 314 g/mol. The molecule has 0 aliphatic heterocycles. The highest BCUT2D eigenvalue weighted by Crippen LogP contribution is 2.43. The summed E-state index contributed by atoms with van der Waals surface area (Å²) in [6.45, 7) is 0.734. The van der Waals surface area contributed by atoms with E-state index in [4.69, 9.17) is 9.47 Å². The Kier molecular flexibility index (Phi) is 3.88. The molecule has 0 unspecified atom stereocenters. The Morgan fingerprint density at radius 3 is 2.39 bits per heavy atom. The molecule has 0 aliphatic rings. The predicted molar refractivity (Wildman–Crippen MR) is 89.3 cm³/mol. The fourth-order valence-electron chi connectivity index (χ4n) is 3.06. The van der Waals surface area contributed by atoms with Crippen molar-refractivity contribution in [1.82, 2.24) is 0 Å². The molecule has 0 saturated heterocycles. The molecule has 3 aromatic carbocycles. The van der Waals surface area contributed by atoms with Crippen LogP contribution in [0.5, 0.6) is 23.0 Å². The van der Waals surface area contributed by atoms with E-state index in [1.54, 1.807) is 18.2 Å². The van der Waals surface area contributed by atoms with Crippen LogP contribution in [0.3, 0.4) is 0 Å². The van der Waals surface area contributed by atoms with Crippen LogP contribution in [0.25, 0.3) is 21.5 Å². The molecular weight excluding hydrogens is 294 g/mol. The molecule has 23 heavy (non-hydrogen) atoms. The number of methoxy groups -OCH3 is 2. The number of phenolic OH excluding ortho intramolecular Hbond substituents is 2. The zero-order valence-electron chi connectivity index (χ0n) is 13.2. The van der Waals surface area contributed by atoms with Crippen LogP contribution in [0.1, 0.15) is 5.56 Å². The normalized spacial score (nSPS) is 11.1. The first-order valence-corrected chi connectivity index (χ1v) is 7.42. The van der Waals surface area contributed by atoms with E-state index in [-0.39, 0.29) is 11.5 Å². The Labute approximate surface area is 133 Å². The SMILES string of the molecule is COc1cc2c(ccc3c(CC[NH3+])cc(O)c(OC)c32)cc1O. The summed E-state index contributed by atoms with van der Waals surface area (Å²) in [7, 11) is 3.04. The molecule has 0 amide bonds. The van der Waals surface area contributed by atoms with E-state index >= 15 is 0 Å². The second kappa shape index (κ2) is 5.85. The van der Waals surface area contributed by atoms with Crippen molar-refractivity contribution in [3.63, 3.8) is 0 Å². The molecule has 0 spiro atoms. The van der Waals surface area contributed by atoms with Gasteiger partial charge in [0.25, 0.3) is 0 Å². The Balaban J connectivity index is 2.50. The number of benzene rings is 3. The third-order valence-electron chi connectivity index (χ3n) is 4.09. The fourth-order valence-corrected chi connectivity index (χ4v) is 3.06. The van der Waals surface area contributed by atoms with E-state index < -0.39 is 0 Å². The lowest BCUT2D eigenvalue weighted by Crippen LogP contribution is -2.51. The van der Waals surface area contributed by atoms with Crippen LogP contribution in [-0.4, -0.2) is 31.0 Å². The zero-order valence-corrected chi connectivity index (χ0v) is 13.2. The van der Waals surface area contributed by atoms with Gasteiger partial charge in [0.1, 0.15) is 0 Å². The molecule has 3 rings (SSSR count). The summed E-state index contributed by atoms with van der Waals surface area (Å²) in [5, 5.41) is 23.8. The number of ether oxygens (including phenoxy) is 2. The number of rotatable bonds is 4. The molecule has 5 heteroatoms. The summed E-state index contributed by atoms with van der Waals surface area (Å²) in [5.41, 5.74) is 4.91. The quantitative estimate of drug-likeness (QED) is 0.644. The fraction of sp³-hybridized carbons (Fsp3) is 0.222. The van der Waals surface area contributed by atoms with E-state index in [1.807, 2.05) is 12.1 Å². The summed E-state index contributed by atoms with van der Waals surface area (Å²) in [5.74, 6) is 0.986. The minimum Gasteiger partial charge on any atom is -0.504 e. The lowest BCUT2D eigenvalue weighted by molar-refractivity contribution is -0.366. The molecule has 0 saturated carbocycles. The maximum Gasteiger partial charge on any atom is 0.168 e. The van der Waals surface area contributed by atoms with Gasteiger partial charge in [-0.05, 0) is 39.9 Å². The predicted octanol–water partition coefficient (Wildman–Crippen LogP) is 2.21. The van der Waals surface area contributed by atoms with Gasteiger partial charge in [0.15, 0.2) is 23.0 Å². The van der Waals surface area contributed by atoms with E-state index in [0.29, 0.717) is 11.5 Å². The van der Waals surface area contributed by atoms with Crippen LogP contribution >= 0.6 is 0 Å². The summed E-state index contributed by atoms with van der Waals surface area (Å²) < 4.78 is 10.7. The number of fused-ring (bicyclic) bond motifs is 3. The Morgan fingerprint density at radius 2 is 1.74 bits per heavy atom. The smallest absolute Gasteiger partial charge is 0.168 e. The van der Waals surface area contributed by atoms with Crippen molar-refractivity contribution in [2.24, 2.45) is 0 Å². The second-order valence-electron chi connectivity index (χ2n) is 5.42. The van der Waals surface area contributed by atoms with Crippen LogP contribution in [0.2, 0.25) is 0 Å². The highest BCUT2D eigenvalue weighted by molar-refractivity contribution is 6.13. The molecule has 0 bridgehead atoms. The molecule has 0 radical (unpaired) electrons. The van der Waals surface area contributed by atoms with Gasteiger partial charge >= 0.3 is 0 Å². The van der Waals surface area contributed by atoms with Gasteiger partial charge in [-0.1, -0.05) is 12.1 Å². The number of aromatic hydroxyl groups is 2. The molecule has 5 nitrogen and oxygen atoms in total. The van der Waals surface area contributed by atoms with Gasteiger partial charge in [0.05, 0.1) is 20.8 Å². The number of hydrogen-bond donors (Lipinski definition) is 3. The van der Waals surface area contributed by atoms with E-state index in [1.165, 1.54) is 14.2 Å². The van der Waals surface area contributed by atoms with Crippen molar-refractivity contribution < 1.29 is 25.4 Å². The highest BCUT2D eigenvalue weighted by Gasteiger charge is 2.16. The number of phenols is 2. The van der Waals surface area contributed by atoms with Gasteiger partial charge in [-0.15, -0.1) is 0 Å². The first-order chi connectivity index (χ1) is 11.1. The minimum absolute atomic E-state index is 0.0800. The monoisotopic (exact) mass is 314 g/mol. The van der Waals surface area contributed by atoms with E-state index in [2.05, 4.69) is 5.73 Å². The third-order valence-corrected chi connectivity index (χ3v) is 4.09. The Bertz CT molecular complexity index is 889. The van der Waals surface area contributed by atoms with Crippen molar-refractivity contribution in [3.05, 3.63) is 35.9 Å². The molecule has 5 N–H and O–H groups in total. The first-order valence-electron chi connectivity index (χ1n) is 7.42. The van der Waals surface area contributed by atoms with Crippen LogP contribution < -0.4 is 15.2 Å². The summed E-state index contributed by atoms with van der Waals surface area (Å²) >= 11 is 0. The maximum absolute atomic E-state index is 10.3. The number of hydrogen-bond acceptors (Lipinski definition) is 4. The summed E-state index contributed by atoms with van der Waals surface area (Å²) in [6.07, 6.45) is 0.759. The van der Waals surface area contributed by atoms with Gasteiger partial charge in [-0.2, -0.15) is 0 Å². The van der Waals surface area contributed by atoms with Gasteiger partial charge in [-0.3, -0.25) is 0 Å². The molecule has 0 aromatic heterocycles. The molecule has 3 aromatic rings. The highest BCUT2D eigenvalue weighted by atomic mass is 16.5. The minimum atomic E-state index is 0.0800. The van der Waals surface area contributed by atoms with Crippen LogP contribution in [0.4, 0.5) is 0 Å². The van der Waals surface area contributed by atoms with Crippen LogP contribution in [0.15, 0.2) is 30.3 Å². The number of quaternary nitrogens is 1. The molecule has 120 valence electrons. The van der Waals surface area contributed by atoms with E-state index in [9.17, 15) is 10.2 Å². The van der Waals surface area contributed by atoms with Crippen LogP contribution in [0, 0.1) is 0 Å². The van der Waals surface area contributed by atoms with Crippen LogP contribution in [-0.2, 0) is 6.42 Å². The van der Waals surface area contributed by atoms with Crippen molar-refractivity contribution in [3.8, 4) is 23.0 Å². The van der Waals surface area contributed by atoms with E-state index in [0.717, 1.165) is 40.1 Å². The Hall–Kier alpha value is -2.66. The van der Waals surface area contributed by atoms with Crippen molar-refractivity contribution >= 4 is 21.5 Å². The van der Waals surface area contributed by atoms with Gasteiger partial charge in [0, 0.05) is 11.8 Å². The van der Waals surface area contributed by atoms with Gasteiger partial charge in [0.2, 0.25) is 0 Å². The second-order valence-corrected chi connectivity index (χ2v) is 5.42. The summed E-state index contributed by atoms with van der Waals surface area (Å²) in [6, 6.07) is 9.08. The van der Waals surface area contributed by atoms with Crippen molar-refractivity contribution in [2.45, 2.75) is 6.42 Å². The van der Waals surface area contributed by atoms with Gasteiger partial charge < -0.3 is 25.4 Å². The first kappa shape index (κ1) is 15.2. The maximum atomic E-state index is 10.3. The molecule has 0 aliphatic carbocycles. The average Bonchev–Trinajstić information content (AvgIpc) is 2.54. The standard InChI is InChI=1S/C18H19NO4/c1-22-16-9-13-10(7-14(16)20)3-4-12-11(5-6-19)8-15(21)18(23-2)17(12)13/h3-4,7-9,20-21H,5-6,19H2,1-2H3/p+1.